The quantitative estimate of drug-likeness (QED) is 0.875. The summed E-state index contributed by atoms with van der Waals surface area (Å²) < 4.78 is 5.12. The van der Waals surface area contributed by atoms with Crippen molar-refractivity contribution in [3.8, 4) is 5.75 Å². The van der Waals surface area contributed by atoms with Crippen LogP contribution in [0, 0.1) is 6.92 Å². The summed E-state index contributed by atoms with van der Waals surface area (Å²) in [6, 6.07) is 5.52. The second-order valence-corrected chi connectivity index (χ2v) is 3.90. The summed E-state index contributed by atoms with van der Waals surface area (Å²) in [6.45, 7) is 1.92. The van der Waals surface area contributed by atoms with E-state index in [1.165, 1.54) is 12.4 Å². The van der Waals surface area contributed by atoms with Gasteiger partial charge in [-0.3, -0.25) is 4.98 Å². The Kier molecular flexibility index (Phi) is 3.61. The number of methoxy groups -OCH3 is 1. The van der Waals surface area contributed by atoms with Gasteiger partial charge in [0.15, 0.2) is 5.69 Å². The summed E-state index contributed by atoms with van der Waals surface area (Å²) in [5.74, 6) is 0.0317. The molecule has 19 heavy (non-hydrogen) atoms. The van der Waals surface area contributed by atoms with E-state index in [9.17, 15) is 4.79 Å². The van der Waals surface area contributed by atoms with Gasteiger partial charge in [-0.1, -0.05) is 0 Å². The molecule has 0 fully saturated rings. The predicted octanol–water partition coefficient (Wildman–Crippen LogP) is 2.24. The third-order valence-electron chi connectivity index (χ3n) is 2.55. The molecule has 0 saturated carbocycles. The van der Waals surface area contributed by atoms with Gasteiger partial charge in [-0.25, -0.2) is 9.78 Å². The number of aryl methyl sites for hydroxylation is 1. The molecule has 98 valence electrons. The van der Waals surface area contributed by atoms with Crippen LogP contribution in [0.3, 0.4) is 0 Å². The minimum atomic E-state index is -1.11. The van der Waals surface area contributed by atoms with Gasteiger partial charge in [0.25, 0.3) is 0 Å². The maximum atomic E-state index is 10.8. The van der Waals surface area contributed by atoms with Crippen LogP contribution in [0.1, 0.15) is 16.1 Å². The molecule has 0 amide bonds. The monoisotopic (exact) mass is 259 g/mol. The lowest BCUT2D eigenvalue weighted by molar-refractivity contribution is 0.0690. The van der Waals surface area contributed by atoms with Gasteiger partial charge in [-0.15, -0.1) is 0 Å². The molecule has 0 spiro atoms. The van der Waals surface area contributed by atoms with E-state index >= 15 is 0 Å². The molecule has 0 atom stereocenters. The van der Waals surface area contributed by atoms with E-state index in [0.717, 1.165) is 17.0 Å². The van der Waals surface area contributed by atoms with E-state index in [0.29, 0.717) is 5.82 Å². The van der Waals surface area contributed by atoms with Crippen LogP contribution in [0.5, 0.6) is 5.75 Å². The van der Waals surface area contributed by atoms with Gasteiger partial charge in [0.2, 0.25) is 0 Å². The SMILES string of the molecule is COc1ccc(Nc2cncc(C(=O)O)n2)c(C)c1. The van der Waals surface area contributed by atoms with Crippen LogP contribution in [0.15, 0.2) is 30.6 Å². The Hall–Kier alpha value is -2.63. The number of carboxylic acid groups (broad SMARTS) is 1. The molecule has 0 aliphatic rings. The molecule has 0 bridgehead atoms. The van der Waals surface area contributed by atoms with Gasteiger partial charge in [0.1, 0.15) is 11.6 Å². The Balaban J connectivity index is 2.26. The summed E-state index contributed by atoms with van der Waals surface area (Å²) in [5.41, 5.74) is 1.68. The summed E-state index contributed by atoms with van der Waals surface area (Å²) in [4.78, 5) is 18.6. The van der Waals surface area contributed by atoms with Crippen LogP contribution < -0.4 is 10.1 Å². The highest BCUT2D eigenvalue weighted by atomic mass is 16.5. The number of carboxylic acids is 1. The zero-order valence-electron chi connectivity index (χ0n) is 10.5. The second-order valence-electron chi connectivity index (χ2n) is 3.90. The second kappa shape index (κ2) is 5.34. The molecule has 1 aromatic heterocycles. The number of aromatic carboxylic acids is 1. The van der Waals surface area contributed by atoms with Gasteiger partial charge >= 0.3 is 5.97 Å². The van der Waals surface area contributed by atoms with E-state index in [4.69, 9.17) is 9.84 Å². The summed E-state index contributed by atoms with van der Waals surface area (Å²) in [7, 11) is 1.60. The van der Waals surface area contributed by atoms with Gasteiger partial charge in [-0.2, -0.15) is 0 Å². The first-order chi connectivity index (χ1) is 9.10. The standard InChI is InChI=1S/C13H13N3O3/c1-8-5-9(19-2)3-4-10(8)15-12-7-14-6-11(16-12)13(17)18/h3-7H,1-2H3,(H,15,16)(H,17,18). The van der Waals surface area contributed by atoms with Gasteiger partial charge < -0.3 is 15.2 Å². The molecule has 1 heterocycles. The van der Waals surface area contributed by atoms with Gasteiger partial charge in [-0.05, 0) is 30.7 Å². The minimum absolute atomic E-state index is 0.101. The van der Waals surface area contributed by atoms with Gasteiger partial charge in [0, 0.05) is 5.69 Å². The molecule has 0 radical (unpaired) electrons. The van der Waals surface area contributed by atoms with Crippen molar-refractivity contribution in [2.24, 2.45) is 0 Å². The average Bonchev–Trinajstić information content (AvgIpc) is 2.41. The summed E-state index contributed by atoms with van der Waals surface area (Å²) in [6.07, 6.45) is 2.67. The fourth-order valence-electron chi connectivity index (χ4n) is 1.57. The van der Waals surface area contributed by atoms with Crippen LogP contribution in [0.25, 0.3) is 0 Å². The lowest BCUT2D eigenvalue weighted by Crippen LogP contribution is -2.04. The highest BCUT2D eigenvalue weighted by Gasteiger charge is 2.07. The van der Waals surface area contributed by atoms with Crippen molar-refractivity contribution >= 4 is 17.5 Å². The van der Waals surface area contributed by atoms with Crippen molar-refractivity contribution in [1.29, 1.82) is 0 Å². The fraction of sp³-hybridized carbons (Fsp3) is 0.154. The topological polar surface area (TPSA) is 84.3 Å². The van der Waals surface area contributed by atoms with Crippen LogP contribution in [0.2, 0.25) is 0 Å². The Morgan fingerprint density at radius 1 is 1.37 bits per heavy atom. The van der Waals surface area contributed by atoms with Crippen molar-refractivity contribution in [3.63, 3.8) is 0 Å². The van der Waals surface area contributed by atoms with Crippen molar-refractivity contribution in [3.05, 3.63) is 41.9 Å². The molecule has 2 aromatic rings. The molecule has 1 aromatic carbocycles. The number of carbonyl (C=O) groups is 1. The number of ether oxygens (including phenoxy) is 1. The highest BCUT2D eigenvalue weighted by Crippen LogP contribution is 2.23. The van der Waals surface area contributed by atoms with Crippen LogP contribution in [-0.2, 0) is 0 Å². The number of nitrogens with zero attached hydrogens (tertiary/aromatic N) is 2. The zero-order chi connectivity index (χ0) is 13.8. The number of benzene rings is 1. The first-order valence-corrected chi connectivity index (χ1v) is 5.57. The first kappa shape index (κ1) is 12.8. The normalized spacial score (nSPS) is 10.0. The molecule has 0 unspecified atom stereocenters. The average molecular weight is 259 g/mol. The minimum Gasteiger partial charge on any atom is -0.497 e. The maximum absolute atomic E-state index is 10.8. The third kappa shape index (κ3) is 2.98. The van der Waals surface area contributed by atoms with Crippen molar-refractivity contribution in [2.45, 2.75) is 6.92 Å². The van der Waals surface area contributed by atoms with E-state index < -0.39 is 5.97 Å². The van der Waals surface area contributed by atoms with Gasteiger partial charge in [0.05, 0.1) is 19.5 Å². The largest absolute Gasteiger partial charge is 0.497 e. The van der Waals surface area contributed by atoms with Crippen molar-refractivity contribution in [2.75, 3.05) is 12.4 Å². The molecular weight excluding hydrogens is 246 g/mol. The molecule has 2 rings (SSSR count). The number of nitrogens with one attached hydrogen (secondary N) is 1. The lowest BCUT2D eigenvalue weighted by atomic mass is 10.2. The Morgan fingerprint density at radius 3 is 2.79 bits per heavy atom. The van der Waals surface area contributed by atoms with Crippen molar-refractivity contribution in [1.82, 2.24) is 9.97 Å². The van der Waals surface area contributed by atoms with Crippen molar-refractivity contribution < 1.29 is 14.6 Å². The Morgan fingerprint density at radius 2 is 2.16 bits per heavy atom. The Bertz CT molecular complexity index is 614. The predicted molar refractivity (Wildman–Crippen MR) is 70.0 cm³/mol. The lowest BCUT2D eigenvalue weighted by Gasteiger charge is -2.10. The van der Waals surface area contributed by atoms with Crippen LogP contribution in [0.4, 0.5) is 11.5 Å². The fourth-order valence-corrected chi connectivity index (χ4v) is 1.57. The van der Waals surface area contributed by atoms with Crippen LogP contribution in [-0.4, -0.2) is 28.2 Å². The number of hydrogen-bond donors (Lipinski definition) is 2. The number of anilines is 2. The van der Waals surface area contributed by atoms with E-state index in [1.54, 1.807) is 7.11 Å². The molecule has 0 saturated heterocycles. The van der Waals surface area contributed by atoms with Crippen LogP contribution >= 0.6 is 0 Å². The molecule has 6 heteroatoms. The number of aromatic nitrogens is 2. The maximum Gasteiger partial charge on any atom is 0.356 e. The summed E-state index contributed by atoms with van der Waals surface area (Å²) >= 11 is 0. The zero-order valence-corrected chi connectivity index (χ0v) is 10.5. The Labute approximate surface area is 110 Å². The molecule has 6 nitrogen and oxygen atoms in total. The molecule has 2 N–H and O–H groups in total. The third-order valence-corrected chi connectivity index (χ3v) is 2.55. The highest BCUT2D eigenvalue weighted by molar-refractivity contribution is 5.85. The number of rotatable bonds is 4. The molecule has 0 aliphatic heterocycles. The molecular formula is C13H13N3O3. The molecule has 0 aliphatic carbocycles. The summed E-state index contributed by atoms with van der Waals surface area (Å²) in [5, 5.41) is 11.9. The van der Waals surface area contributed by atoms with E-state index in [2.05, 4.69) is 15.3 Å². The van der Waals surface area contributed by atoms with E-state index in [1.807, 2.05) is 25.1 Å². The smallest absolute Gasteiger partial charge is 0.356 e. The van der Waals surface area contributed by atoms with E-state index in [-0.39, 0.29) is 5.69 Å². The number of hydrogen-bond acceptors (Lipinski definition) is 5. The first-order valence-electron chi connectivity index (χ1n) is 5.57.